The van der Waals surface area contributed by atoms with Crippen LogP contribution in [0.5, 0.6) is 0 Å². The Balaban J connectivity index is 1.09. The van der Waals surface area contributed by atoms with Crippen LogP contribution in [0.2, 0.25) is 0 Å². The van der Waals surface area contributed by atoms with Crippen molar-refractivity contribution in [3.63, 3.8) is 0 Å². The molecule has 1 unspecified atom stereocenters. The van der Waals surface area contributed by atoms with Gasteiger partial charge in [-0.15, -0.1) is 0 Å². The molecule has 1 spiro atoms. The first-order valence-electron chi connectivity index (χ1n) is 19.9. The summed E-state index contributed by atoms with van der Waals surface area (Å²) < 4.78 is 0. The normalized spacial score (nSPS) is 24.6. The van der Waals surface area contributed by atoms with Gasteiger partial charge in [0.1, 0.15) is 0 Å². The summed E-state index contributed by atoms with van der Waals surface area (Å²) in [6.07, 6.45) is 8.45. The molecule has 0 aliphatic heterocycles. The predicted octanol–water partition coefficient (Wildman–Crippen LogP) is 12.2. The molecule has 0 N–H and O–H groups in total. The van der Waals surface area contributed by atoms with Crippen molar-refractivity contribution < 1.29 is 0 Å². The molecule has 4 heteroatoms. The molecule has 4 nitrogen and oxygen atoms in total. The quantitative estimate of drug-likeness (QED) is 0.171. The zero-order valence-electron chi connectivity index (χ0n) is 30.5. The van der Waals surface area contributed by atoms with Crippen LogP contribution in [0.25, 0.3) is 61.3 Å². The Morgan fingerprint density at radius 3 is 1.78 bits per heavy atom. The molecule has 4 fully saturated rings. The first-order valence-corrected chi connectivity index (χ1v) is 19.9. The molecule has 13 rings (SSSR count). The van der Waals surface area contributed by atoms with Crippen molar-refractivity contribution in [3.8, 4) is 56.4 Å². The predicted molar refractivity (Wildman–Crippen MR) is 219 cm³/mol. The zero-order valence-corrected chi connectivity index (χ0v) is 30.5. The Kier molecular flexibility index (Phi) is 6.48. The van der Waals surface area contributed by atoms with Crippen molar-refractivity contribution in [3.05, 3.63) is 179 Å². The molecule has 0 radical (unpaired) electrons. The van der Waals surface area contributed by atoms with Crippen molar-refractivity contribution in [2.75, 3.05) is 0 Å². The average molecular weight is 707 g/mol. The Hall–Kier alpha value is -6.18. The van der Waals surface area contributed by atoms with E-state index in [1.54, 1.807) is 5.56 Å². The zero-order chi connectivity index (χ0) is 36.3. The van der Waals surface area contributed by atoms with Gasteiger partial charge in [-0.05, 0) is 118 Å². The van der Waals surface area contributed by atoms with Crippen LogP contribution in [0.3, 0.4) is 0 Å². The van der Waals surface area contributed by atoms with Gasteiger partial charge in [-0.1, -0.05) is 133 Å². The fourth-order valence-corrected chi connectivity index (χ4v) is 12.2. The van der Waals surface area contributed by atoms with E-state index in [2.05, 4.69) is 89.8 Å². The number of nitrogens with zero attached hydrogens (tertiary/aromatic N) is 4. The van der Waals surface area contributed by atoms with Crippen LogP contribution in [-0.4, -0.2) is 15.0 Å². The van der Waals surface area contributed by atoms with E-state index in [9.17, 15) is 0 Å². The van der Waals surface area contributed by atoms with Crippen LogP contribution in [0.4, 0.5) is 5.69 Å². The number of benzene rings is 6. The summed E-state index contributed by atoms with van der Waals surface area (Å²) >= 11 is 0. The highest BCUT2D eigenvalue weighted by Gasteiger charge is 2.55. The van der Waals surface area contributed by atoms with Crippen molar-refractivity contribution in [2.45, 2.75) is 49.4 Å². The van der Waals surface area contributed by atoms with E-state index < -0.39 is 5.41 Å². The van der Waals surface area contributed by atoms with Gasteiger partial charge in [-0.25, -0.2) is 19.8 Å². The van der Waals surface area contributed by atoms with Gasteiger partial charge in [0, 0.05) is 16.7 Å². The topological polar surface area (TPSA) is 43.0 Å². The summed E-state index contributed by atoms with van der Waals surface area (Å²) in [6.45, 7) is 7.67. The van der Waals surface area contributed by atoms with Gasteiger partial charge >= 0.3 is 0 Å². The minimum Gasteiger partial charge on any atom is -0.238 e. The third-order valence-electron chi connectivity index (χ3n) is 13.9. The molecule has 0 amide bonds. The number of fused-ring (bicyclic) bond motifs is 10. The van der Waals surface area contributed by atoms with Crippen molar-refractivity contribution >= 4 is 5.69 Å². The van der Waals surface area contributed by atoms with E-state index in [0.717, 1.165) is 34.4 Å². The van der Waals surface area contributed by atoms with Crippen LogP contribution in [0.15, 0.2) is 140 Å². The van der Waals surface area contributed by atoms with Crippen LogP contribution in [0.1, 0.15) is 66.3 Å². The van der Waals surface area contributed by atoms with E-state index in [1.807, 2.05) is 54.6 Å². The highest BCUT2D eigenvalue weighted by molar-refractivity contribution is 5.99. The summed E-state index contributed by atoms with van der Waals surface area (Å²) in [6, 6.07) is 50.3. The smallest absolute Gasteiger partial charge is 0.187 e. The molecule has 4 saturated carbocycles. The molecule has 6 aromatic carbocycles. The Morgan fingerprint density at radius 1 is 0.473 bits per heavy atom. The van der Waals surface area contributed by atoms with Gasteiger partial charge < -0.3 is 0 Å². The molecule has 1 heterocycles. The van der Waals surface area contributed by atoms with Crippen LogP contribution in [-0.2, 0) is 10.8 Å². The van der Waals surface area contributed by atoms with Crippen molar-refractivity contribution in [1.29, 1.82) is 0 Å². The van der Waals surface area contributed by atoms with Gasteiger partial charge in [0.15, 0.2) is 23.2 Å². The van der Waals surface area contributed by atoms with Gasteiger partial charge in [0.25, 0.3) is 0 Å². The minimum atomic E-state index is -0.462. The van der Waals surface area contributed by atoms with E-state index in [4.69, 9.17) is 21.5 Å². The van der Waals surface area contributed by atoms with Crippen molar-refractivity contribution in [1.82, 2.24) is 15.0 Å². The largest absolute Gasteiger partial charge is 0.238 e. The number of aromatic nitrogens is 3. The standard InChI is InChI=1S/C51H38N4/c1-52-37-14-9-13-35(26-37)48-53-47(34-11-3-2-4-12-34)54-49(55-48)40-17-10-20-45-46(40)39-16-6-8-19-43(39)51(45)42-18-7-5-15-38(42)41-27-36(21-22-44(41)51)50-28-31-23-32(29-50)25-33(24-31)30-50/h2-22,26-27,31-33H,23-25,28-30H2. The SMILES string of the molecule is [C-]#[N+]c1cccc(-c2nc(-c3ccccc3)nc(-c3cccc4c3-c3ccccc3C43c4ccccc4-c4cc(C56CC7CC(CC(C7)C5)C6)ccc43)n2)c1. The van der Waals surface area contributed by atoms with Crippen LogP contribution < -0.4 is 0 Å². The number of hydrogen-bond donors (Lipinski definition) is 0. The lowest BCUT2D eigenvalue weighted by molar-refractivity contribution is -0.00517. The number of rotatable bonds is 4. The summed E-state index contributed by atoms with van der Waals surface area (Å²) in [5, 5.41) is 0. The third-order valence-corrected chi connectivity index (χ3v) is 13.9. The van der Waals surface area contributed by atoms with E-state index in [0.29, 0.717) is 28.6 Å². The van der Waals surface area contributed by atoms with E-state index in [-0.39, 0.29) is 0 Å². The fourth-order valence-electron chi connectivity index (χ4n) is 12.2. The summed E-state index contributed by atoms with van der Waals surface area (Å²) in [5.74, 6) is 4.51. The average Bonchev–Trinajstić information content (AvgIpc) is 3.70. The summed E-state index contributed by atoms with van der Waals surface area (Å²) in [7, 11) is 0. The van der Waals surface area contributed by atoms with Crippen molar-refractivity contribution in [2.24, 2.45) is 17.8 Å². The monoisotopic (exact) mass is 706 g/mol. The molecular weight excluding hydrogens is 669 g/mol. The van der Waals surface area contributed by atoms with Gasteiger partial charge in [-0.3, -0.25) is 0 Å². The molecule has 0 saturated heterocycles. The molecular formula is C51H38N4. The molecule has 1 atom stereocenters. The molecule has 4 bridgehead atoms. The second kappa shape index (κ2) is 11.4. The lowest BCUT2D eigenvalue weighted by Gasteiger charge is -2.57. The maximum Gasteiger partial charge on any atom is 0.187 e. The lowest BCUT2D eigenvalue weighted by atomic mass is 9.48. The van der Waals surface area contributed by atoms with Crippen LogP contribution >= 0.6 is 0 Å². The Labute approximate surface area is 321 Å². The maximum absolute atomic E-state index is 7.67. The Bertz CT molecular complexity index is 2740. The highest BCUT2D eigenvalue weighted by Crippen LogP contribution is 2.66. The second-order valence-corrected chi connectivity index (χ2v) is 16.9. The van der Waals surface area contributed by atoms with Gasteiger partial charge in [0.05, 0.1) is 12.0 Å². The van der Waals surface area contributed by atoms with E-state index >= 15 is 0 Å². The van der Waals surface area contributed by atoms with Gasteiger partial charge in [-0.2, -0.15) is 0 Å². The summed E-state index contributed by atoms with van der Waals surface area (Å²) in [4.78, 5) is 19.1. The first-order chi connectivity index (χ1) is 27.1. The number of hydrogen-bond acceptors (Lipinski definition) is 3. The molecule has 6 aliphatic rings. The molecule has 262 valence electrons. The fraction of sp³-hybridized carbons (Fsp3) is 0.216. The van der Waals surface area contributed by atoms with E-state index in [1.165, 1.54) is 83.0 Å². The summed E-state index contributed by atoms with van der Waals surface area (Å²) in [5.41, 5.74) is 15.2. The maximum atomic E-state index is 7.67. The highest BCUT2D eigenvalue weighted by atomic mass is 15.0. The molecule has 1 aromatic heterocycles. The van der Waals surface area contributed by atoms with Gasteiger partial charge in [0.2, 0.25) is 0 Å². The molecule has 7 aromatic rings. The molecule has 55 heavy (non-hydrogen) atoms. The molecule has 6 aliphatic carbocycles. The van der Waals surface area contributed by atoms with Crippen LogP contribution in [0, 0.1) is 24.3 Å². The third kappa shape index (κ3) is 4.36. The second-order valence-electron chi connectivity index (χ2n) is 16.9. The first kappa shape index (κ1) is 31.2. The lowest BCUT2D eigenvalue weighted by Crippen LogP contribution is -2.48. The minimum absolute atomic E-state index is 0.328. The Morgan fingerprint density at radius 2 is 1.04 bits per heavy atom.